The molecule has 0 aliphatic carbocycles. The normalized spacial score (nSPS) is 14.2. The first kappa shape index (κ1) is 35.7. The van der Waals surface area contributed by atoms with E-state index in [0.29, 0.717) is 25.9 Å². The second kappa shape index (κ2) is 16.7. The minimum atomic E-state index is -3.71. The van der Waals surface area contributed by atoms with E-state index in [0.717, 1.165) is 71.3 Å². The highest BCUT2D eigenvalue weighted by atomic mass is 32.2. The molecule has 0 bridgehead atoms. The fraction of sp³-hybridized carbons (Fsp3) is 0.421. The smallest absolute Gasteiger partial charge is 0.309 e. The molecule has 0 spiro atoms. The second-order valence-corrected chi connectivity index (χ2v) is 15.9. The Hall–Kier alpha value is -3.60. The van der Waals surface area contributed by atoms with Crippen LogP contribution < -0.4 is 13.1 Å². The topological polar surface area (TPSA) is 99.2 Å². The molecule has 4 aromatic carbocycles. The third-order valence-corrected chi connectivity index (χ3v) is 11.1. The number of hydrogen-bond donors (Lipinski definition) is 0. The Morgan fingerprint density at radius 3 is 2.00 bits per heavy atom. The summed E-state index contributed by atoms with van der Waals surface area (Å²) in [5.41, 5.74) is 3.82. The van der Waals surface area contributed by atoms with Crippen LogP contribution in [-0.2, 0) is 26.7 Å². The van der Waals surface area contributed by atoms with Crippen LogP contribution in [0, 0.1) is 0 Å². The minimum Gasteiger partial charge on any atom is -0.492 e. The highest BCUT2D eigenvalue weighted by molar-refractivity contribution is 7.87. The maximum absolute atomic E-state index is 12.6. The van der Waals surface area contributed by atoms with Gasteiger partial charge in [0.15, 0.2) is 0 Å². The number of piperidine rings is 1. The van der Waals surface area contributed by atoms with Crippen LogP contribution in [0.4, 0.5) is 0 Å². The summed E-state index contributed by atoms with van der Waals surface area (Å²) < 4.78 is 67.1. The molecule has 8 nitrogen and oxygen atoms in total. The summed E-state index contributed by atoms with van der Waals surface area (Å²) in [6.07, 6.45) is 6.99. The zero-order chi connectivity index (χ0) is 34.0. The molecule has 5 rings (SSSR count). The van der Waals surface area contributed by atoms with E-state index in [1.807, 2.05) is 50.2 Å². The van der Waals surface area contributed by atoms with Crippen molar-refractivity contribution in [2.24, 2.45) is 0 Å². The van der Waals surface area contributed by atoms with Gasteiger partial charge in [-0.05, 0) is 115 Å². The lowest BCUT2D eigenvalue weighted by Gasteiger charge is -2.26. The average molecular weight is 694 g/mol. The van der Waals surface area contributed by atoms with Crippen LogP contribution >= 0.6 is 0 Å². The van der Waals surface area contributed by atoms with Gasteiger partial charge in [0.25, 0.3) is 0 Å². The fourth-order valence-corrected chi connectivity index (χ4v) is 8.25. The number of rotatable bonds is 17. The van der Waals surface area contributed by atoms with Crippen LogP contribution in [0.3, 0.4) is 0 Å². The van der Waals surface area contributed by atoms with Crippen molar-refractivity contribution in [3.63, 3.8) is 0 Å². The fourth-order valence-electron chi connectivity index (χ4n) is 6.00. The van der Waals surface area contributed by atoms with E-state index >= 15 is 0 Å². The number of benzene rings is 4. The maximum Gasteiger partial charge on any atom is 0.309 e. The van der Waals surface area contributed by atoms with E-state index < -0.39 is 20.2 Å². The van der Waals surface area contributed by atoms with Crippen LogP contribution in [0.5, 0.6) is 17.2 Å². The van der Waals surface area contributed by atoms with Crippen molar-refractivity contribution in [1.82, 2.24) is 4.90 Å². The Morgan fingerprint density at radius 2 is 1.33 bits per heavy atom. The third kappa shape index (κ3) is 10.2. The van der Waals surface area contributed by atoms with Gasteiger partial charge in [-0.2, -0.15) is 16.8 Å². The summed E-state index contributed by atoms with van der Waals surface area (Å²) >= 11 is 0. The molecule has 1 saturated heterocycles. The Morgan fingerprint density at radius 1 is 0.688 bits per heavy atom. The standard InChI is InChI=1S/C38H47NO7S2/c1-3-5-25-47(40,41)45-34-12-10-11-31(28-34)36-19-15-32-29-35(46-48(42,43)26-6-4-2)18-20-37(32)38(36)27-30-13-16-33(17-14-30)44-24-23-39-21-8-7-9-22-39/h10-20,28-29H,3-9,21-27H2,1-2H3. The number of ether oxygens (including phenoxy) is 1. The van der Waals surface area contributed by atoms with Crippen molar-refractivity contribution in [3.8, 4) is 28.4 Å². The molecule has 0 radical (unpaired) electrons. The van der Waals surface area contributed by atoms with Crippen molar-refractivity contribution in [1.29, 1.82) is 0 Å². The van der Waals surface area contributed by atoms with Gasteiger partial charge in [0, 0.05) is 6.54 Å². The second-order valence-electron chi connectivity index (χ2n) is 12.5. The van der Waals surface area contributed by atoms with Gasteiger partial charge < -0.3 is 13.1 Å². The van der Waals surface area contributed by atoms with Gasteiger partial charge in [-0.1, -0.05) is 75.6 Å². The van der Waals surface area contributed by atoms with Crippen LogP contribution in [0.2, 0.25) is 0 Å². The molecular formula is C38H47NO7S2. The highest BCUT2D eigenvalue weighted by Crippen LogP contribution is 2.36. The summed E-state index contributed by atoms with van der Waals surface area (Å²) in [5, 5.41) is 1.78. The average Bonchev–Trinajstić information content (AvgIpc) is 3.07. The van der Waals surface area contributed by atoms with Gasteiger partial charge in [-0.15, -0.1) is 0 Å². The zero-order valence-electron chi connectivity index (χ0n) is 28.0. The molecule has 1 fully saturated rings. The molecule has 0 atom stereocenters. The van der Waals surface area contributed by atoms with Gasteiger partial charge in [0.05, 0.1) is 11.5 Å². The first-order valence-electron chi connectivity index (χ1n) is 17.1. The van der Waals surface area contributed by atoms with Crippen LogP contribution in [-0.4, -0.2) is 59.5 Å². The summed E-state index contributed by atoms with van der Waals surface area (Å²) in [4.78, 5) is 2.46. The monoisotopic (exact) mass is 693 g/mol. The maximum atomic E-state index is 12.6. The lowest BCUT2D eigenvalue weighted by molar-refractivity contribution is 0.183. The molecular weight excluding hydrogens is 647 g/mol. The molecule has 1 aliphatic heterocycles. The third-order valence-electron chi connectivity index (χ3n) is 8.62. The van der Waals surface area contributed by atoms with Gasteiger partial charge >= 0.3 is 20.2 Å². The molecule has 0 unspecified atom stereocenters. The van der Waals surface area contributed by atoms with Gasteiger partial charge in [-0.3, -0.25) is 4.90 Å². The lowest BCUT2D eigenvalue weighted by Crippen LogP contribution is -2.33. The molecule has 1 heterocycles. The first-order chi connectivity index (χ1) is 23.1. The van der Waals surface area contributed by atoms with Crippen LogP contribution in [0.15, 0.2) is 78.9 Å². The summed E-state index contributed by atoms with van der Waals surface area (Å²) in [5.74, 6) is 1.30. The Kier molecular flexibility index (Phi) is 12.4. The van der Waals surface area contributed by atoms with Crippen LogP contribution in [0.25, 0.3) is 21.9 Å². The van der Waals surface area contributed by atoms with E-state index in [1.54, 1.807) is 30.3 Å². The van der Waals surface area contributed by atoms with E-state index in [-0.39, 0.29) is 23.0 Å². The molecule has 258 valence electrons. The SMILES string of the molecule is CCCCS(=O)(=O)Oc1cccc(-c2ccc3cc(OS(=O)(=O)CCCC)ccc3c2Cc2ccc(OCCN3CCCCC3)cc2)c1. The van der Waals surface area contributed by atoms with Crippen LogP contribution in [0.1, 0.15) is 69.9 Å². The van der Waals surface area contributed by atoms with Crippen molar-refractivity contribution in [2.75, 3.05) is 37.7 Å². The number of fused-ring (bicyclic) bond motifs is 1. The lowest BCUT2D eigenvalue weighted by atomic mass is 9.90. The number of likely N-dealkylation sites (tertiary alicyclic amines) is 1. The Balaban J connectivity index is 1.43. The first-order valence-corrected chi connectivity index (χ1v) is 20.2. The number of nitrogens with zero attached hydrogens (tertiary/aromatic N) is 1. The van der Waals surface area contributed by atoms with Crippen molar-refractivity contribution < 1.29 is 29.9 Å². The molecule has 0 aromatic heterocycles. The molecule has 48 heavy (non-hydrogen) atoms. The quantitative estimate of drug-likeness (QED) is 0.103. The molecule has 0 saturated carbocycles. The van der Waals surface area contributed by atoms with E-state index in [2.05, 4.69) is 17.0 Å². The Labute approximate surface area is 286 Å². The molecule has 0 amide bonds. The summed E-state index contributed by atoms with van der Waals surface area (Å²) in [6.45, 7) is 7.74. The Bertz CT molecular complexity index is 1870. The highest BCUT2D eigenvalue weighted by Gasteiger charge is 2.17. The molecule has 10 heteroatoms. The molecule has 0 N–H and O–H groups in total. The van der Waals surface area contributed by atoms with Gasteiger partial charge in [0.1, 0.15) is 23.9 Å². The van der Waals surface area contributed by atoms with Gasteiger partial charge in [-0.25, -0.2) is 0 Å². The van der Waals surface area contributed by atoms with Crippen molar-refractivity contribution in [2.45, 2.75) is 65.2 Å². The van der Waals surface area contributed by atoms with Crippen molar-refractivity contribution >= 4 is 31.0 Å². The predicted octanol–water partition coefficient (Wildman–Crippen LogP) is 7.98. The predicted molar refractivity (Wildman–Crippen MR) is 193 cm³/mol. The summed E-state index contributed by atoms with van der Waals surface area (Å²) in [6, 6.07) is 24.5. The van der Waals surface area contributed by atoms with Crippen molar-refractivity contribution in [3.05, 3.63) is 90.0 Å². The van der Waals surface area contributed by atoms with Gasteiger partial charge in [0.2, 0.25) is 0 Å². The van der Waals surface area contributed by atoms with E-state index in [1.165, 1.54) is 19.3 Å². The number of unbranched alkanes of at least 4 members (excludes halogenated alkanes) is 2. The number of hydrogen-bond acceptors (Lipinski definition) is 8. The molecule has 4 aromatic rings. The minimum absolute atomic E-state index is 0.0315. The van der Waals surface area contributed by atoms with E-state index in [9.17, 15) is 16.8 Å². The summed E-state index contributed by atoms with van der Waals surface area (Å²) in [7, 11) is -7.41. The zero-order valence-corrected chi connectivity index (χ0v) is 29.7. The molecule has 1 aliphatic rings. The van der Waals surface area contributed by atoms with E-state index in [4.69, 9.17) is 13.1 Å². The largest absolute Gasteiger partial charge is 0.492 e.